The molecule has 160 valence electrons. The molecule has 1 atom stereocenters. The Hall–Kier alpha value is -3.58. The van der Waals surface area contributed by atoms with Gasteiger partial charge in [0.15, 0.2) is 5.65 Å². The molecule has 0 spiro atoms. The number of imidazole rings is 1. The van der Waals surface area contributed by atoms with Crippen LogP contribution in [0.25, 0.3) is 17.0 Å². The molecule has 1 saturated carbocycles. The van der Waals surface area contributed by atoms with Crippen molar-refractivity contribution in [2.45, 2.75) is 44.5 Å². The third kappa shape index (κ3) is 4.46. The molecular weight excluding hydrogens is 401 g/mol. The predicted molar refractivity (Wildman–Crippen MR) is 112 cm³/mol. The number of nitrogens with zero attached hydrogens (tertiary/aromatic N) is 5. The number of aliphatic hydroxyl groups is 1. The van der Waals surface area contributed by atoms with Gasteiger partial charge in [0.25, 0.3) is 5.91 Å². The van der Waals surface area contributed by atoms with Gasteiger partial charge in [0, 0.05) is 24.5 Å². The van der Waals surface area contributed by atoms with Crippen molar-refractivity contribution in [1.29, 1.82) is 5.26 Å². The van der Waals surface area contributed by atoms with Crippen LogP contribution >= 0.6 is 0 Å². The van der Waals surface area contributed by atoms with E-state index in [1.807, 2.05) is 6.07 Å². The minimum atomic E-state index is -1.61. The maximum absolute atomic E-state index is 14.0. The summed E-state index contributed by atoms with van der Waals surface area (Å²) in [4.78, 5) is 25.6. The lowest BCUT2D eigenvalue weighted by Gasteiger charge is -2.22. The number of carbonyl (C=O) groups is 1. The molecule has 3 aromatic heterocycles. The van der Waals surface area contributed by atoms with Crippen molar-refractivity contribution in [3.8, 4) is 11.9 Å². The van der Waals surface area contributed by atoms with E-state index < -0.39 is 17.7 Å². The highest BCUT2D eigenvalue weighted by atomic mass is 19.1. The average molecular weight is 423 g/mol. The van der Waals surface area contributed by atoms with Crippen molar-refractivity contribution in [2.24, 2.45) is 0 Å². The van der Waals surface area contributed by atoms with Gasteiger partial charge in [0.1, 0.15) is 29.9 Å². The Morgan fingerprint density at radius 1 is 1.35 bits per heavy atom. The van der Waals surface area contributed by atoms with E-state index in [2.05, 4.69) is 25.6 Å². The monoisotopic (exact) mass is 423 g/mol. The van der Waals surface area contributed by atoms with Gasteiger partial charge in [-0.3, -0.25) is 9.36 Å². The Bertz CT molecular complexity index is 1170. The molecule has 1 amide bonds. The van der Waals surface area contributed by atoms with Crippen LogP contribution in [0, 0.1) is 11.3 Å². The van der Waals surface area contributed by atoms with Crippen LogP contribution in [-0.4, -0.2) is 54.9 Å². The Labute approximate surface area is 178 Å². The Balaban J connectivity index is 1.63. The lowest BCUT2D eigenvalue weighted by Crippen LogP contribution is -2.42. The van der Waals surface area contributed by atoms with Gasteiger partial charge >= 0.3 is 0 Å². The lowest BCUT2D eigenvalue weighted by molar-refractivity contribution is -0.00177. The number of nitrogens with one attached hydrogen (secondary N) is 2. The molecule has 4 rings (SSSR count). The Kier molecular flexibility index (Phi) is 5.29. The van der Waals surface area contributed by atoms with Crippen LogP contribution in [0.5, 0.6) is 0 Å². The van der Waals surface area contributed by atoms with E-state index in [9.17, 15) is 14.3 Å². The zero-order valence-electron chi connectivity index (χ0n) is 17.1. The maximum atomic E-state index is 14.0. The molecule has 1 fully saturated rings. The number of anilines is 1. The summed E-state index contributed by atoms with van der Waals surface area (Å²) in [5, 5.41) is 24.6. The molecule has 3 aromatic rings. The van der Waals surface area contributed by atoms with E-state index in [4.69, 9.17) is 5.26 Å². The summed E-state index contributed by atoms with van der Waals surface area (Å²) in [6.45, 7) is 2.39. The zero-order chi connectivity index (χ0) is 22.2. The molecule has 0 aromatic carbocycles. The highest BCUT2D eigenvalue weighted by Gasteiger charge is 2.28. The van der Waals surface area contributed by atoms with Crippen LogP contribution in [-0.2, 0) is 0 Å². The molecule has 0 radical (unpaired) electrons. The molecule has 0 bridgehead atoms. The van der Waals surface area contributed by atoms with Gasteiger partial charge < -0.3 is 15.7 Å². The van der Waals surface area contributed by atoms with Crippen molar-refractivity contribution in [1.82, 2.24) is 24.8 Å². The van der Waals surface area contributed by atoms with Crippen molar-refractivity contribution in [3.05, 3.63) is 42.0 Å². The number of alkyl halides is 1. The molecule has 3 heterocycles. The van der Waals surface area contributed by atoms with E-state index in [1.54, 1.807) is 23.0 Å². The van der Waals surface area contributed by atoms with Crippen LogP contribution in [0.1, 0.15) is 42.6 Å². The Morgan fingerprint density at radius 3 is 2.81 bits per heavy atom. The normalized spacial score (nSPS) is 14.8. The standard InChI is InChI=1S/C21H22FN7O2/c1-21(2,31)17(22)10-26-20(30)14-9-24-18(6-15(14)28-13-3-4-13)29-11-27-16-5-12(7-23)8-25-19(16)29/h5-6,8-9,11,13,17,31H,3-4,10H2,1-2H3,(H,24,28)(H,26,30)/t17-/m1/s1. The first kappa shape index (κ1) is 20.7. The van der Waals surface area contributed by atoms with Gasteiger partial charge in [-0.15, -0.1) is 0 Å². The van der Waals surface area contributed by atoms with Crippen LogP contribution in [0.4, 0.5) is 10.1 Å². The number of amides is 1. The van der Waals surface area contributed by atoms with Gasteiger partial charge in [-0.25, -0.2) is 19.3 Å². The molecule has 1 aliphatic rings. The number of nitriles is 1. The van der Waals surface area contributed by atoms with Gasteiger partial charge in [-0.05, 0) is 32.8 Å². The first-order chi connectivity index (χ1) is 14.8. The second kappa shape index (κ2) is 7.92. The van der Waals surface area contributed by atoms with Crippen LogP contribution in [0.15, 0.2) is 30.9 Å². The summed E-state index contributed by atoms with van der Waals surface area (Å²) in [6, 6.07) is 5.66. The molecule has 9 nitrogen and oxygen atoms in total. The summed E-state index contributed by atoms with van der Waals surface area (Å²) < 4.78 is 15.7. The molecule has 3 N–H and O–H groups in total. The average Bonchev–Trinajstić information content (AvgIpc) is 3.46. The van der Waals surface area contributed by atoms with Gasteiger partial charge in [-0.1, -0.05) is 0 Å². The van der Waals surface area contributed by atoms with Crippen LogP contribution in [0.2, 0.25) is 0 Å². The SMILES string of the molecule is CC(C)(O)[C@H](F)CNC(=O)c1cnc(-n2cnc3cc(C#N)cnc32)cc1NC1CC1. The van der Waals surface area contributed by atoms with Crippen LogP contribution in [0.3, 0.4) is 0 Å². The highest BCUT2D eigenvalue weighted by Crippen LogP contribution is 2.28. The molecule has 10 heteroatoms. The van der Waals surface area contributed by atoms with Crippen molar-refractivity contribution in [3.63, 3.8) is 0 Å². The number of carbonyl (C=O) groups excluding carboxylic acids is 1. The number of pyridine rings is 2. The van der Waals surface area contributed by atoms with Crippen molar-refractivity contribution < 1.29 is 14.3 Å². The maximum Gasteiger partial charge on any atom is 0.255 e. The first-order valence-electron chi connectivity index (χ1n) is 9.91. The lowest BCUT2D eigenvalue weighted by atomic mass is 10.0. The fourth-order valence-electron chi connectivity index (χ4n) is 2.98. The zero-order valence-corrected chi connectivity index (χ0v) is 17.1. The number of hydrogen-bond acceptors (Lipinski definition) is 7. The second-order valence-corrected chi connectivity index (χ2v) is 8.13. The van der Waals surface area contributed by atoms with E-state index in [1.165, 1.54) is 26.2 Å². The van der Waals surface area contributed by atoms with E-state index in [0.29, 0.717) is 28.2 Å². The smallest absolute Gasteiger partial charge is 0.255 e. The predicted octanol–water partition coefficient (Wildman–Crippen LogP) is 2.10. The summed E-state index contributed by atoms with van der Waals surface area (Å²) in [7, 11) is 0. The molecule has 0 saturated heterocycles. The molecule has 1 aliphatic carbocycles. The minimum absolute atomic E-state index is 0.267. The number of aromatic nitrogens is 4. The topological polar surface area (TPSA) is 129 Å². The first-order valence-corrected chi connectivity index (χ1v) is 9.91. The minimum Gasteiger partial charge on any atom is -0.387 e. The third-order valence-corrected chi connectivity index (χ3v) is 5.04. The number of rotatable bonds is 7. The van der Waals surface area contributed by atoms with Crippen LogP contribution < -0.4 is 10.6 Å². The van der Waals surface area contributed by atoms with E-state index in [-0.39, 0.29) is 18.2 Å². The number of fused-ring (bicyclic) bond motifs is 1. The van der Waals surface area contributed by atoms with E-state index >= 15 is 0 Å². The fraction of sp³-hybridized carbons (Fsp3) is 0.381. The number of halogens is 1. The molecular formula is C21H22FN7O2. The van der Waals surface area contributed by atoms with Gasteiger partial charge in [0.2, 0.25) is 0 Å². The molecule has 0 aliphatic heterocycles. The summed E-state index contributed by atoms with van der Waals surface area (Å²) in [5.41, 5.74) is 0.796. The van der Waals surface area contributed by atoms with Gasteiger partial charge in [0.05, 0.1) is 29.0 Å². The summed E-state index contributed by atoms with van der Waals surface area (Å²) >= 11 is 0. The van der Waals surface area contributed by atoms with E-state index in [0.717, 1.165) is 12.8 Å². The quantitative estimate of drug-likeness (QED) is 0.531. The largest absolute Gasteiger partial charge is 0.387 e. The summed E-state index contributed by atoms with van der Waals surface area (Å²) in [6.07, 6.45) is 4.82. The summed E-state index contributed by atoms with van der Waals surface area (Å²) in [5.74, 6) is 0.0145. The molecule has 31 heavy (non-hydrogen) atoms. The third-order valence-electron chi connectivity index (χ3n) is 5.04. The second-order valence-electron chi connectivity index (χ2n) is 8.13. The Morgan fingerprint density at radius 2 is 2.13 bits per heavy atom. The number of hydrogen-bond donors (Lipinski definition) is 3. The van der Waals surface area contributed by atoms with Crippen molar-refractivity contribution in [2.75, 3.05) is 11.9 Å². The fourth-order valence-corrected chi connectivity index (χ4v) is 2.98. The molecule has 0 unspecified atom stereocenters. The van der Waals surface area contributed by atoms with Crippen molar-refractivity contribution >= 4 is 22.8 Å². The van der Waals surface area contributed by atoms with Gasteiger partial charge in [-0.2, -0.15) is 5.26 Å². The highest BCUT2D eigenvalue weighted by molar-refractivity contribution is 5.99.